The van der Waals surface area contributed by atoms with Crippen LogP contribution in [0.25, 0.3) is 0 Å². The Morgan fingerprint density at radius 3 is 2.71 bits per heavy atom. The van der Waals surface area contributed by atoms with Gasteiger partial charge >= 0.3 is 0 Å². The van der Waals surface area contributed by atoms with Gasteiger partial charge in [-0.1, -0.05) is 30.7 Å². The predicted octanol–water partition coefficient (Wildman–Crippen LogP) is 1.78. The van der Waals surface area contributed by atoms with E-state index in [9.17, 15) is 8.42 Å². The molecule has 0 radical (unpaired) electrons. The van der Waals surface area contributed by atoms with E-state index in [-0.39, 0.29) is 5.75 Å². The third-order valence-corrected chi connectivity index (χ3v) is 3.29. The molecule has 0 saturated heterocycles. The van der Waals surface area contributed by atoms with Crippen molar-refractivity contribution in [3.8, 4) is 0 Å². The average Bonchev–Trinajstić information content (AvgIpc) is 2.02. The van der Waals surface area contributed by atoms with Gasteiger partial charge in [-0.3, -0.25) is 0 Å². The Hall–Kier alpha value is -0.580. The molecule has 1 aromatic rings. The Morgan fingerprint density at radius 1 is 1.43 bits per heavy atom. The summed E-state index contributed by atoms with van der Waals surface area (Å²) in [4.78, 5) is 0. The summed E-state index contributed by atoms with van der Waals surface area (Å²) in [7, 11) is -3.21. The standard InChI is InChI=1S/C9H12ClNO2S/c1-2-11-14(12,13)7-8-4-3-5-9(10)6-8/h3-6,11H,2,7H2,1H3. The maximum Gasteiger partial charge on any atom is 0.215 e. The van der Waals surface area contributed by atoms with Crippen LogP contribution in [0.4, 0.5) is 0 Å². The van der Waals surface area contributed by atoms with Crippen LogP contribution in [0.5, 0.6) is 0 Å². The molecule has 0 atom stereocenters. The lowest BCUT2D eigenvalue weighted by molar-refractivity contribution is 0.583. The Balaban J connectivity index is 2.79. The number of benzene rings is 1. The van der Waals surface area contributed by atoms with Crippen molar-refractivity contribution in [2.75, 3.05) is 6.54 Å². The van der Waals surface area contributed by atoms with E-state index in [0.29, 0.717) is 17.1 Å². The van der Waals surface area contributed by atoms with E-state index in [4.69, 9.17) is 11.6 Å². The zero-order valence-electron chi connectivity index (χ0n) is 7.83. The van der Waals surface area contributed by atoms with Crippen LogP contribution in [0, 0.1) is 0 Å². The molecule has 0 aromatic heterocycles. The smallest absolute Gasteiger partial charge is 0.215 e. The minimum atomic E-state index is -3.21. The summed E-state index contributed by atoms with van der Waals surface area (Å²) in [5.74, 6) is -0.0264. The van der Waals surface area contributed by atoms with E-state index in [1.807, 2.05) is 0 Å². The molecule has 0 aliphatic carbocycles. The maximum absolute atomic E-state index is 11.4. The molecule has 14 heavy (non-hydrogen) atoms. The average molecular weight is 234 g/mol. The molecule has 0 heterocycles. The summed E-state index contributed by atoms with van der Waals surface area (Å²) in [6.45, 7) is 2.15. The van der Waals surface area contributed by atoms with Crippen LogP contribution < -0.4 is 4.72 Å². The zero-order chi connectivity index (χ0) is 10.6. The molecule has 0 bridgehead atoms. The van der Waals surface area contributed by atoms with Gasteiger partial charge in [0.15, 0.2) is 0 Å². The van der Waals surface area contributed by atoms with Gasteiger partial charge in [0.05, 0.1) is 5.75 Å². The second-order valence-electron chi connectivity index (χ2n) is 2.89. The zero-order valence-corrected chi connectivity index (χ0v) is 9.40. The fraction of sp³-hybridized carbons (Fsp3) is 0.333. The van der Waals surface area contributed by atoms with Gasteiger partial charge in [-0.2, -0.15) is 0 Å². The number of sulfonamides is 1. The molecule has 0 fully saturated rings. The highest BCUT2D eigenvalue weighted by Crippen LogP contribution is 2.12. The molecular formula is C9H12ClNO2S. The van der Waals surface area contributed by atoms with Crippen LogP contribution in [0.1, 0.15) is 12.5 Å². The second-order valence-corrected chi connectivity index (χ2v) is 5.13. The minimum Gasteiger partial charge on any atom is -0.215 e. The molecule has 78 valence electrons. The molecule has 0 unspecified atom stereocenters. The topological polar surface area (TPSA) is 46.2 Å². The van der Waals surface area contributed by atoms with Crippen molar-refractivity contribution in [2.24, 2.45) is 0 Å². The predicted molar refractivity (Wildman–Crippen MR) is 57.8 cm³/mol. The molecule has 0 spiro atoms. The van der Waals surface area contributed by atoms with Gasteiger partial charge < -0.3 is 0 Å². The third-order valence-electron chi connectivity index (χ3n) is 1.61. The van der Waals surface area contributed by atoms with Crippen LogP contribution in [0.15, 0.2) is 24.3 Å². The van der Waals surface area contributed by atoms with Crippen LogP contribution >= 0.6 is 11.6 Å². The third kappa shape index (κ3) is 3.65. The van der Waals surface area contributed by atoms with E-state index in [0.717, 1.165) is 0 Å². The molecular weight excluding hydrogens is 222 g/mol. The summed E-state index contributed by atoms with van der Waals surface area (Å²) in [5, 5.41) is 0.550. The fourth-order valence-corrected chi connectivity index (χ4v) is 2.49. The van der Waals surface area contributed by atoms with Gasteiger partial charge in [-0.15, -0.1) is 0 Å². The number of rotatable bonds is 4. The normalized spacial score (nSPS) is 11.6. The molecule has 5 heteroatoms. The van der Waals surface area contributed by atoms with Crippen LogP contribution in [0.3, 0.4) is 0 Å². The van der Waals surface area contributed by atoms with Gasteiger partial charge in [0.1, 0.15) is 0 Å². The van der Waals surface area contributed by atoms with Crippen molar-refractivity contribution in [1.29, 1.82) is 0 Å². The largest absolute Gasteiger partial charge is 0.215 e. The van der Waals surface area contributed by atoms with Crippen LogP contribution in [0.2, 0.25) is 5.02 Å². The Kier molecular flexibility index (Phi) is 3.92. The first-order valence-corrected chi connectivity index (χ1v) is 6.28. The Bertz CT molecular complexity index is 403. The summed E-state index contributed by atoms with van der Waals surface area (Å²) in [6, 6.07) is 6.83. The van der Waals surface area contributed by atoms with Crippen molar-refractivity contribution in [3.05, 3.63) is 34.9 Å². The van der Waals surface area contributed by atoms with E-state index in [1.54, 1.807) is 31.2 Å². The van der Waals surface area contributed by atoms with Crippen molar-refractivity contribution in [1.82, 2.24) is 4.72 Å². The van der Waals surface area contributed by atoms with E-state index < -0.39 is 10.0 Å². The molecule has 0 saturated carbocycles. The van der Waals surface area contributed by atoms with Crippen LogP contribution in [-0.2, 0) is 15.8 Å². The number of nitrogens with one attached hydrogen (secondary N) is 1. The highest BCUT2D eigenvalue weighted by Gasteiger charge is 2.09. The van der Waals surface area contributed by atoms with Gasteiger partial charge in [0.25, 0.3) is 0 Å². The molecule has 1 N–H and O–H groups in total. The lowest BCUT2D eigenvalue weighted by Gasteiger charge is -2.04. The van der Waals surface area contributed by atoms with Crippen molar-refractivity contribution in [2.45, 2.75) is 12.7 Å². The first kappa shape index (κ1) is 11.5. The van der Waals surface area contributed by atoms with E-state index in [2.05, 4.69) is 4.72 Å². The van der Waals surface area contributed by atoms with E-state index >= 15 is 0 Å². The van der Waals surface area contributed by atoms with Crippen LogP contribution in [-0.4, -0.2) is 15.0 Å². The van der Waals surface area contributed by atoms with Gasteiger partial charge in [0.2, 0.25) is 10.0 Å². The number of hydrogen-bond donors (Lipinski definition) is 1. The Labute approximate surface area is 89.1 Å². The van der Waals surface area contributed by atoms with Crippen molar-refractivity contribution >= 4 is 21.6 Å². The quantitative estimate of drug-likeness (QED) is 0.862. The Morgan fingerprint density at radius 2 is 2.14 bits per heavy atom. The molecule has 0 amide bonds. The first-order valence-electron chi connectivity index (χ1n) is 4.25. The second kappa shape index (κ2) is 4.77. The monoisotopic (exact) mass is 233 g/mol. The van der Waals surface area contributed by atoms with Gasteiger partial charge in [-0.05, 0) is 17.7 Å². The van der Waals surface area contributed by atoms with E-state index in [1.165, 1.54) is 0 Å². The summed E-state index contributed by atoms with van der Waals surface area (Å²) in [5.41, 5.74) is 0.693. The first-order chi connectivity index (χ1) is 6.53. The van der Waals surface area contributed by atoms with Crippen molar-refractivity contribution < 1.29 is 8.42 Å². The highest BCUT2D eigenvalue weighted by molar-refractivity contribution is 7.88. The molecule has 1 aromatic carbocycles. The molecule has 0 aliphatic heterocycles. The summed E-state index contributed by atoms with van der Waals surface area (Å²) < 4.78 is 25.1. The summed E-state index contributed by atoms with van der Waals surface area (Å²) >= 11 is 5.74. The number of halogens is 1. The molecule has 0 aliphatic rings. The van der Waals surface area contributed by atoms with Gasteiger partial charge in [-0.25, -0.2) is 13.1 Å². The highest BCUT2D eigenvalue weighted by atomic mass is 35.5. The minimum absolute atomic E-state index is 0.0264. The lowest BCUT2D eigenvalue weighted by Crippen LogP contribution is -2.24. The summed E-state index contributed by atoms with van der Waals surface area (Å²) in [6.07, 6.45) is 0. The number of hydrogen-bond acceptors (Lipinski definition) is 2. The lowest BCUT2D eigenvalue weighted by atomic mass is 10.2. The maximum atomic E-state index is 11.4. The van der Waals surface area contributed by atoms with Gasteiger partial charge in [0, 0.05) is 11.6 Å². The fourth-order valence-electron chi connectivity index (χ4n) is 1.12. The molecule has 3 nitrogen and oxygen atoms in total. The SMILES string of the molecule is CCNS(=O)(=O)Cc1cccc(Cl)c1. The molecule has 1 rings (SSSR count). The van der Waals surface area contributed by atoms with Crippen molar-refractivity contribution in [3.63, 3.8) is 0 Å².